The van der Waals surface area contributed by atoms with Crippen LogP contribution >= 0.6 is 23.1 Å². The monoisotopic (exact) mass is 607 g/mol. The molecule has 4 N–H and O–H groups in total. The molecule has 1 aliphatic heterocycles. The lowest BCUT2D eigenvalue weighted by Crippen LogP contribution is -2.31. The SMILES string of the molecule is O=C(CCCC(=O)NCc1ccc(C2OC(CSc3nc4ccccc4s3)CC(c3ccc(CO)cc3)O2)cc1)NO. The van der Waals surface area contributed by atoms with Crippen LogP contribution in [0.4, 0.5) is 0 Å². The average Bonchev–Trinajstić information content (AvgIpc) is 3.46. The zero-order chi connectivity index (χ0) is 29.3. The van der Waals surface area contributed by atoms with Crippen molar-refractivity contribution in [2.75, 3.05) is 5.75 Å². The number of aliphatic hydroxyl groups excluding tert-OH is 1. The number of amides is 2. The van der Waals surface area contributed by atoms with Crippen LogP contribution < -0.4 is 10.8 Å². The molecule has 1 fully saturated rings. The maximum atomic E-state index is 12.1. The summed E-state index contributed by atoms with van der Waals surface area (Å²) in [6.07, 6.45) is 0.522. The van der Waals surface area contributed by atoms with Crippen molar-refractivity contribution in [3.05, 3.63) is 95.1 Å². The standard InChI is InChI=1S/C31H33N3O6S2/c35-18-21-10-12-22(13-11-21)26-16-24(19-41-31-33-25-4-1-2-5-27(25)42-31)39-30(40-26)23-14-8-20(9-15-23)17-32-28(36)6-3-7-29(37)34-38/h1-2,4-5,8-15,24,26,30,35,38H,3,6-7,16-19H2,(H,32,36)(H,34,37). The van der Waals surface area contributed by atoms with Crippen LogP contribution in [-0.2, 0) is 32.2 Å². The molecule has 2 amide bonds. The predicted octanol–water partition coefficient (Wildman–Crippen LogP) is 5.42. The smallest absolute Gasteiger partial charge is 0.243 e. The molecule has 0 aliphatic carbocycles. The van der Waals surface area contributed by atoms with E-state index in [0.29, 0.717) is 19.4 Å². The third-order valence-electron chi connectivity index (χ3n) is 6.96. The number of hydrogen-bond donors (Lipinski definition) is 4. The molecule has 3 atom stereocenters. The molecule has 5 rings (SSSR count). The van der Waals surface area contributed by atoms with Crippen LogP contribution in [0.15, 0.2) is 77.1 Å². The van der Waals surface area contributed by atoms with Crippen molar-refractivity contribution in [3.63, 3.8) is 0 Å². The number of fused-ring (bicyclic) bond motifs is 1. The number of benzene rings is 3. The van der Waals surface area contributed by atoms with E-state index in [1.54, 1.807) is 28.6 Å². The first-order chi connectivity index (χ1) is 20.5. The molecule has 42 heavy (non-hydrogen) atoms. The summed E-state index contributed by atoms with van der Waals surface area (Å²) >= 11 is 3.37. The highest BCUT2D eigenvalue weighted by Gasteiger charge is 2.32. The minimum Gasteiger partial charge on any atom is -0.392 e. The minimum atomic E-state index is -0.566. The van der Waals surface area contributed by atoms with Gasteiger partial charge in [-0.3, -0.25) is 14.8 Å². The van der Waals surface area contributed by atoms with Crippen molar-refractivity contribution in [3.8, 4) is 0 Å². The topological polar surface area (TPSA) is 130 Å². The van der Waals surface area contributed by atoms with Crippen molar-refractivity contribution in [1.82, 2.24) is 15.8 Å². The van der Waals surface area contributed by atoms with Gasteiger partial charge in [0.25, 0.3) is 0 Å². The fraction of sp³-hybridized carbons (Fsp3) is 0.323. The Morgan fingerprint density at radius 2 is 1.64 bits per heavy atom. The molecule has 0 radical (unpaired) electrons. The quantitative estimate of drug-likeness (QED) is 0.0955. The lowest BCUT2D eigenvalue weighted by molar-refractivity contribution is -0.245. The Balaban J connectivity index is 1.23. The van der Waals surface area contributed by atoms with E-state index in [2.05, 4.69) is 11.4 Å². The number of nitrogens with one attached hydrogen (secondary N) is 2. The first-order valence-electron chi connectivity index (χ1n) is 13.8. The molecule has 9 nitrogen and oxygen atoms in total. The van der Waals surface area contributed by atoms with Crippen LogP contribution in [0.2, 0.25) is 0 Å². The minimum absolute atomic E-state index is 0.00730. The van der Waals surface area contributed by atoms with E-state index < -0.39 is 12.2 Å². The number of thiazole rings is 1. The molecule has 1 aromatic heterocycles. The molecule has 2 heterocycles. The van der Waals surface area contributed by atoms with Crippen molar-refractivity contribution in [2.45, 2.75) is 61.7 Å². The van der Waals surface area contributed by atoms with Gasteiger partial charge in [-0.15, -0.1) is 11.3 Å². The summed E-state index contributed by atoms with van der Waals surface area (Å²) in [5, 5.41) is 20.9. The van der Waals surface area contributed by atoms with Gasteiger partial charge in [-0.05, 0) is 35.2 Å². The second kappa shape index (κ2) is 14.7. The zero-order valence-electron chi connectivity index (χ0n) is 22.9. The van der Waals surface area contributed by atoms with E-state index in [-0.39, 0.29) is 37.6 Å². The largest absolute Gasteiger partial charge is 0.392 e. The Morgan fingerprint density at radius 1 is 0.929 bits per heavy atom. The number of aliphatic hydroxyl groups is 1. The summed E-state index contributed by atoms with van der Waals surface area (Å²) in [5.41, 5.74) is 6.26. The molecule has 3 unspecified atom stereocenters. The van der Waals surface area contributed by atoms with Crippen LogP contribution in [-0.4, -0.2) is 39.0 Å². The van der Waals surface area contributed by atoms with Crippen LogP contribution in [0.5, 0.6) is 0 Å². The average molecular weight is 608 g/mol. The van der Waals surface area contributed by atoms with Crippen LogP contribution in [0, 0.1) is 0 Å². The van der Waals surface area contributed by atoms with Gasteiger partial charge in [-0.1, -0.05) is 72.4 Å². The van der Waals surface area contributed by atoms with Crippen molar-refractivity contribution >= 4 is 45.1 Å². The number of hydroxylamine groups is 1. The molecule has 0 saturated carbocycles. The second-order valence-electron chi connectivity index (χ2n) is 10.0. The summed E-state index contributed by atoms with van der Waals surface area (Å²) in [4.78, 5) is 27.9. The Morgan fingerprint density at radius 3 is 2.38 bits per heavy atom. The number of ether oxygens (including phenoxy) is 2. The Kier molecular flexibility index (Phi) is 10.6. The lowest BCUT2D eigenvalue weighted by Gasteiger charge is -2.36. The highest BCUT2D eigenvalue weighted by molar-refractivity contribution is 8.01. The summed E-state index contributed by atoms with van der Waals surface area (Å²) in [6.45, 7) is 0.353. The van der Waals surface area contributed by atoms with Crippen LogP contribution in [0.1, 0.15) is 60.3 Å². The number of nitrogens with zero attached hydrogens (tertiary/aromatic N) is 1. The lowest BCUT2D eigenvalue weighted by atomic mass is 10.0. The molecule has 0 bridgehead atoms. The predicted molar refractivity (Wildman–Crippen MR) is 161 cm³/mol. The highest BCUT2D eigenvalue weighted by Crippen LogP contribution is 2.40. The summed E-state index contributed by atoms with van der Waals surface area (Å²) in [7, 11) is 0. The van der Waals surface area contributed by atoms with E-state index in [0.717, 1.165) is 42.6 Å². The summed E-state index contributed by atoms with van der Waals surface area (Å²) in [6, 6.07) is 23.7. The van der Waals surface area contributed by atoms with Crippen molar-refractivity contribution in [2.24, 2.45) is 0 Å². The molecule has 1 aliphatic rings. The molecule has 3 aromatic carbocycles. The van der Waals surface area contributed by atoms with E-state index in [1.807, 2.05) is 66.7 Å². The number of aromatic nitrogens is 1. The Bertz CT molecular complexity index is 1450. The first-order valence-corrected chi connectivity index (χ1v) is 15.6. The van der Waals surface area contributed by atoms with Crippen molar-refractivity contribution < 1.29 is 29.4 Å². The molecule has 0 spiro atoms. The number of rotatable bonds is 12. The van der Waals surface area contributed by atoms with E-state index >= 15 is 0 Å². The van der Waals surface area contributed by atoms with Crippen molar-refractivity contribution in [1.29, 1.82) is 0 Å². The van der Waals surface area contributed by atoms with Gasteiger partial charge in [0.2, 0.25) is 11.8 Å². The first kappa shape index (κ1) is 30.1. The van der Waals surface area contributed by atoms with E-state index in [4.69, 9.17) is 19.7 Å². The summed E-state index contributed by atoms with van der Waals surface area (Å²) in [5.74, 6) is 0.0643. The molecule has 1 saturated heterocycles. The van der Waals surface area contributed by atoms with Gasteiger partial charge in [-0.2, -0.15) is 0 Å². The molecule has 4 aromatic rings. The third-order valence-corrected chi connectivity index (χ3v) is 9.27. The van der Waals surface area contributed by atoms with Gasteiger partial charge >= 0.3 is 0 Å². The molecular formula is C31H33N3O6S2. The van der Waals surface area contributed by atoms with Gasteiger partial charge in [0, 0.05) is 37.1 Å². The zero-order valence-corrected chi connectivity index (χ0v) is 24.5. The third kappa shape index (κ3) is 8.15. The van der Waals surface area contributed by atoms with Crippen LogP contribution in [0.25, 0.3) is 10.2 Å². The number of para-hydroxylation sites is 1. The molecular weight excluding hydrogens is 574 g/mol. The van der Waals surface area contributed by atoms with Gasteiger partial charge in [-0.25, -0.2) is 10.5 Å². The van der Waals surface area contributed by atoms with E-state index in [1.165, 1.54) is 0 Å². The summed E-state index contributed by atoms with van der Waals surface area (Å²) < 4.78 is 15.1. The fourth-order valence-corrected chi connectivity index (χ4v) is 6.76. The number of thioether (sulfide) groups is 1. The Labute approximate surface area is 252 Å². The van der Waals surface area contributed by atoms with E-state index in [9.17, 15) is 14.7 Å². The number of carbonyl (C=O) groups is 2. The fourth-order valence-electron chi connectivity index (χ4n) is 4.65. The van der Waals surface area contributed by atoms with Gasteiger partial charge in [0.15, 0.2) is 10.6 Å². The number of hydrogen-bond acceptors (Lipinski definition) is 9. The van der Waals surface area contributed by atoms with Gasteiger partial charge in [0.1, 0.15) is 0 Å². The molecule has 220 valence electrons. The molecule has 11 heteroatoms. The van der Waals surface area contributed by atoms with Crippen LogP contribution in [0.3, 0.4) is 0 Å². The highest BCUT2D eigenvalue weighted by atomic mass is 32.2. The van der Waals surface area contributed by atoms with Gasteiger partial charge < -0.3 is 19.9 Å². The Hall–Kier alpha value is -3.32. The van der Waals surface area contributed by atoms with Gasteiger partial charge in [0.05, 0.1) is 29.0 Å². The second-order valence-corrected chi connectivity index (χ2v) is 12.3. The maximum absolute atomic E-state index is 12.1. The maximum Gasteiger partial charge on any atom is 0.243 e. The number of carbonyl (C=O) groups excluding carboxylic acids is 2. The normalized spacial score (nSPS) is 18.6.